The molecule has 0 aromatic carbocycles. The van der Waals surface area contributed by atoms with Gasteiger partial charge in [0.15, 0.2) is 0 Å². The van der Waals surface area contributed by atoms with E-state index >= 15 is 0 Å². The summed E-state index contributed by atoms with van der Waals surface area (Å²) in [5, 5.41) is 7.90. The molecule has 0 saturated carbocycles. The summed E-state index contributed by atoms with van der Waals surface area (Å²) in [6.07, 6.45) is 7.97. The fourth-order valence-corrected chi connectivity index (χ4v) is 2.81. The average molecular weight is 322 g/mol. The maximum atomic E-state index is 4.48. The van der Waals surface area contributed by atoms with Gasteiger partial charge in [-0.1, -0.05) is 5.21 Å². The highest BCUT2D eigenvalue weighted by atomic mass is 79.9. The highest BCUT2D eigenvalue weighted by Crippen LogP contribution is 2.23. The minimum atomic E-state index is 0.612. The highest BCUT2D eigenvalue weighted by molar-refractivity contribution is 9.10. The molecule has 1 atom stereocenters. The van der Waals surface area contributed by atoms with Crippen LogP contribution in [0.1, 0.15) is 12.8 Å². The van der Waals surface area contributed by atoms with E-state index in [0.29, 0.717) is 5.92 Å². The van der Waals surface area contributed by atoms with Gasteiger partial charge in [-0.15, -0.1) is 5.10 Å². The van der Waals surface area contributed by atoms with Crippen LogP contribution in [0.2, 0.25) is 0 Å². The number of rotatable bonds is 3. The molecule has 3 rings (SSSR count). The van der Waals surface area contributed by atoms with Crippen LogP contribution in [0.3, 0.4) is 0 Å². The van der Waals surface area contributed by atoms with Gasteiger partial charge in [0.1, 0.15) is 5.82 Å². The molecule has 1 aliphatic heterocycles. The largest absolute Gasteiger partial charge is 0.356 e. The smallest absolute Gasteiger partial charge is 0.128 e. The number of piperidine rings is 1. The summed E-state index contributed by atoms with van der Waals surface area (Å²) < 4.78 is 2.94. The lowest BCUT2D eigenvalue weighted by Gasteiger charge is -2.33. The lowest BCUT2D eigenvalue weighted by molar-refractivity contribution is 0.347. The first-order chi connectivity index (χ1) is 9.31. The molecule has 0 N–H and O–H groups in total. The van der Waals surface area contributed by atoms with Gasteiger partial charge in [-0.05, 0) is 46.8 Å². The predicted octanol–water partition coefficient (Wildman–Crippen LogP) is 2.35. The Morgan fingerprint density at radius 2 is 2.32 bits per heavy atom. The monoisotopic (exact) mass is 321 g/mol. The first-order valence-corrected chi connectivity index (χ1v) is 7.31. The summed E-state index contributed by atoms with van der Waals surface area (Å²) in [5.74, 6) is 1.67. The van der Waals surface area contributed by atoms with Gasteiger partial charge in [0.05, 0.1) is 6.20 Å². The van der Waals surface area contributed by atoms with Crippen LogP contribution in [0.5, 0.6) is 0 Å². The molecule has 0 radical (unpaired) electrons. The molecular formula is C13H16BrN5. The van der Waals surface area contributed by atoms with Crippen molar-refractivity contribution < 1.29 is 0 Å². The Morgan fingerprint density at radius 3 is 3.05 bits per heavy atom. The molecule has 2 aromatic rings. The first-order valence-electron chi connectivity index (χ1n) is 6.52. The van der Waals surface area contributed by atoms with Crippen LogP contribution in [0.4, 0.5) is 5.82 Å². The molecule has 0 spiro atoms. The fourth-order valence-electron chi connectivity index (χ4n) is 2.57. The van der Waals surface area contributed by atoms with Gasteiger partial charge in [0.25, 0.3) is 0 Å². The Morgan fingerprint density at radius 1 is 1.37 bits per heavy atom. The van der Waals surface area contributed by atoms with E-state index in [2.05, 4.69) is 42.2 Å². The van der Waals surface area contributed by atoms with Crippen LogP contribution >= 0.6 is 15.9 Å². The molecule has 0 amide bonds. The summed E-state index contributed by atoms with van der Waals surface area (Å²) in [4.78, 5) is 6.84. The molecule has 1 aliphatic rings. The summed E-state index contributed by atoms with van der Waals surface area (Å²) in [6, 6.07) is 4.12. The predicted molar refractivity (Wildman–Crippen MR) is 76.9 cm³/mol. The van der Waals surface area contributed by atoms with Crippen LogP contribution < -0.4 is 4.90 Å². The zero-order valence-corrected chi connectivity index (χ0v) is 12.2. The van der Waals surface area contributed by atoms with Crippen molar-refractivity contribution in [3.63, 3.8) is 0 Å². The zero-order valence-electron chi connectivity index (χ0n) is 10.6. The second-order valence-electron chi connectivity index (χ2n) is 4.91. The molecule has 19 heavy (non-hydrogen) atoms. The zero-order chi connectivity index (χ0) is 13.1. The van der Waals surface area contributed by atoms with E-state index in [4.69, 9.17) is 0 Å². The van der Waals surface area contributed by atoms with Crippen molar-refractivity contribution in [2.24, 2.45) is 5.92 Å². The normalized spacial score (nSPS) is 19.6. The molecule has 2 aromatic heterocycles. The van der Waals surface area contributed by atoms with E-state index in [1.165, 1.54) is 12.8 Å². The topological polar surface area (TPSA) is 46.8 Å². The van der Waals surface area contributed by atoms with Gasteiger partial charge in [0, 0.05) is 36.5 Å². The van der Waals surface area contributed by atoms with Crippen LogP contribution in [-0.4, -0.2) is 33.1 Å². The standard InChI is InChI=1S/C13H16BrN5/c14-12-3-4-13(15-8-12)18-6-1-2-11(9-18)10-19-7-5-16-17-19/h3-5,7-8,11H,1-2,6,9-10H2/t11-/m1/s1. The number of anilines is 1. The maximum Gasteiger partial charge on any atom is 0.128 e. The minimum absolute atomic E-state index is 0.612. The maximum absolute atomic E-state index is 4.48. The highest BCUT2D eigenvalue weighted by Gasteiger charge is 2.21. The van der Waals surface area contributed by atoms with Crippen LogP contribution in [0.25, 0.3) is 0 Å². The number of hydrogen-bond donors (Lipinski definition) is 0. The quantitative estimate of drug-likeness (QED) is 0.870. The molecule has 100 valence electrons. The van der Waals surface area contributed by atoms with E-state index in [0.717, 1.165) is 29.9 Å². The summed E-state index contributed by atoms with van der Waals surface area (Å²) in [7, 11) is 0. The molecule has 1 saturated heterocycles. The van der Waals surface area contributed by atoms with Crippen LogP contribution in [0, 0.1) is 5.92 Å². The van der Waals surface area contributed by atoms with Gasteiger partial charge in [-0.25, -0.2) is 4.98 Å². The lowest BCUT2D eigenvalue weighted by Crippen LogP contribution is -2.37. The molecule has 6 heteroatoms. The van der Waals surface area contributed by atoms with E-state index < -0.39 is 0 Å². The van der Waals surface area contributed by atoms with Crippen molar-refractivity contribution in [1.29, 1.82) is 0 Å². The Balaban J connectivity index is 1.66. The Labute approximate surface area is 120 Å². The second kappa shape index (κ2) is 5.69. The molecular weight excluding hydrogens is 306 g/mol. The van der Waals surface area contributed by atoms with Gasteiger partial charge >= 0.3 is 0 Å². The van der Waals surface area contributed by atoms with E-state index in [9.17, 15) is 0 Å². The third kappa shape index (κ3) is 3.12. The van der Waals surface area contributed by atoms with E-state index in [1.54, 1.807) is 6.20 Å². The minimum Gasteiger partial charge on any atom is -0.356 e. The first kappa shape index (κ1) is 12.6. The fraction of sp³-hybridized carbons (Fsp3) is 0.462. The number of aromatic nitrogens is 4. The van der Waals surface area contributed by atoms with E-state index in [1.807, 2.05) is 23.1 Å². The van der Waals surface area contributed by atoms with Crippen LogP contribution in [0.15, 0.2) is 35.2 Å². The number of nitrogens with zero attached hydrogens (tertiary/aromatic N) is 5. The Kier molecular flexibility index (Phi) is 3.77. The molecule has 3 heterocycles. The van der Waals surface area contributed by atoms with Crippen molar-refractivity contribution in [2.45, 2.75) is 19.4 Å². The Hall–Kier alpha value is -1.43. The van der Waals surface area contributed by atoms with Gasteiger partial charge in [-0.3, -0.25) is 4.68 Å². The molecule has 0 aliphatic carbocycles. The SMILES string of the molecule is Brc1ccc(N2CCC[C@@H](Cn3ccnn3)C2)nc1. The van der Waals surface area contributed by atoms with E-state index in [-0.39, 0.29) is 0 Å². The second-order valence-corrected chi connectivity index (χ2v) is 5.83. The number of pyridine rings is 1. The van der Waals surface area contributed by atoms with Crippen LogP contribution in [-0.2, 0) is 6.54 Å². The summed E-state index contributed by atoms with van der Waals surface area (Å²) in [5.41, 5.74) is 0. The Bertz CT molecular complexity index is 510. The lowest BCUT2D eigenvalue weighted by atomic mass is 9.98. The molecule has 5 nitrogen and oxygen atoms in total. The van der Waals surface area contributed by atoms with Crippen molar-refractivity contribution >= 4 is 21.7 Å². The average Bonchev–Trinajstić information content (AvgIpc) is 2.93. The van der Waals surface area contributed by atoms with Gasteiger partial charge in [0.2, 0.25) is 0 Å². The van der Waals surface area contributed by atoms with Crippen molar-refractivity contribution in [3.8, 4) is 0 Å². The van der Waals surface area contributed by atoms with Gasteiger partial charge < -0.3 is 4.90 Å². The summed E-state index contributed by atoms with van der Waals surface area (Å²) in [6.45, 7) is 3.06. The van der Waals surface area contributed by atoms with Gasteiger partial charge in [-0.2, -0.15) is 0 Å². The number of halogens is 1. The number of hydrogen-bond acceptors (Lipinski definition) is 4. The molecule has 0 bridgehead atoms. The molecule has 0 unspecified atom stereocenters. The van der Waals surface area contributed by atoms with Crippen molar-refractivity contribution in [2.75, 3.05) is 18.0 Å². The van der Waals surface area contributed by atoms with Crippen molar-refractivity contribution in [1.82, 2.24) is 20.0 Å². The third-order valence-electron chi connectivity index (χ3n) is 3.47. The van der Waals surface area contributed by atoms with Crippen molar-refractivity contribution in [3.05, 3.63) is 35.2 Å². The summed E-state index contributed by atoms with van der Waals surface area (Å²) >= 11 is 3.42. The third-order valence-corrected chi connectivity index (χ3v) is 3.94. The molecule has 1 fully saturated rings.